The third-order valence-electron chi connectivity index (χ3n) is 5.69. The van der Waals surface area contributed by atoms with E-state index < -0.39 is 0 Å². The number of aromatic hydroxyl groups is 1. The van der Waals surface area contributed by atoms with Crippen LogP contribution in [0.4, 0.5) is 0 Å². The molecule has 29 heavy (non-hydrogen) atoms. The van der Waals surface area contributed by atoms with Crippen LogP contribution in [-0.4, -0.2) is 12.2 Å². The van der Waals surface area contributed by atoms with Gasteiger partial charge in [-0.2, -0.15) is 0 Å². The Labute approximate surface area is 190 Å². The average molecular weight is 506 g/mol. The SMILES string of the molecule is C=C(CC(C)(c1ccc(O)c(C(C)(C)C)c1)c1ccc(I)c(C(C)(C)C)c1)OC. The molecule has 2 aromatic carbocycles. The fraction of sp³-hybridized carbons (Fsp3) is 0.462. The topological polar surface area (TPSA) is 29.5 Å². The van der Waals surface area contributed by atoms with Gasteiger partial charge in [-0.25, -0.2) is 0 Å². The maximum absolute atomic E-state index is 10.5. The number of hydrogen-bond acceptors (Lipinski definition) is 2. The lowest BCUT2D eigenvalue weighted by Crippen LogP contribution is -2.27. The van der Waals surface area contributed by atoms with E-state index >= 15 is 0 Å². The maximum Gasteiger partial charge on any atom is 0.119 e. The Morgan fingerprint density at radius 3 is 1.86 bits per heavy atom. The van der Waals surface area contributed by atoms with E-state index in [0.717, 1.165) is 16.9 Å². The van der Waals surface area contributed by atoms with Crippen LogP contribution in [0.3, 0.4) is 0 Å². The van der Waals surface area contributed by atoms with Crippen LogP contribution in [-0.2, 0) is 21.0 Å². The van der Waals surface area contributed by atoms with Crippen LogP contribution in [0, 0.1) is 3.57 Å². The van der Waals surface area contributed by atoms with Gasteiger partial charge >= 0.3 is 0 Å². The summed E-state index contributed by atoms with van der Waals surface area (Å²) in [6.07, 6.45) is 0.669. The molecule has 2 rings (SSSR count). The van der Waals surface area contributed by atoms with Crippen LogP contribution < -0.4 is 0 Å². The van der Waals surface area contributed by atoms with Gasteiger partial charge in [0.25, 0.3) is 0 Å². The van der Waals surface area contributed by atoms with Crippen molar-refractivity contribution in [3.63, 3.8) is 0 Å². The first-order valence-electron chi connectivity index (χ1n) is 10.1. The number of phenols is 1. The second-order valence-corrected chi connectivity index (χ2v) is 11.3. The van der Waals surface area contributed by atoms with Gasteiger partial charge in [-0.05, 0) is 67.8 Å². The summed E-state index contributed by atoms with van der Waals surface area (Å²) in [4.78, 5) is 0. The number of ether oxygens (including phenoxy) is 1. The first-order valence-corrected chi connectivity index (χ1v) is 11.1. The third-order valence-corrected chi connectivity index (χ3v) is 6.63. The van der Waals surface area contributed by atoms with Crippen LogP contribution in [0.2, 0.25) is 0 Å². The molecule has 0 radical (unpaired) electrons. The third kappa shape index (κ3) is 5.17. The number of benzene rings is 2. The summed E-state index contributed by atoms with van der Waals surface area (Å²) in [5, 5.41) is 10.5. The molecule has 158 valence electrons. The van der Waals surface area contributed by atoms with Gasteiger partial charge in [0.05, 0.1) is 12.9 Å². The first kappa shape index (κ1) is 23.8. The number of phenolic OH excluding ortho intramolecular Hbond substituents is 1. The van der Waals surface area contributed by atoms with Crippen LogP contribution in [0.5, 0.6) is 5.75 Å². The van der Waals surface area contributed by atoms with Crippen molar-refractivity contribution < 1.29 is 9.84 Å². The molecule has 1 N–H and O–H groups in total. The lowest BCUT2D eigenvalue weighted by Gasteiger charge is -2.34. The summed E-state index contributed by atoms with van der Waals surface area (Å²) < 4.78 is 6.76. The van der Waals surface area contributed by atoms with Gasteiger partial charge in [0, 0.05) is 15.4 Å². The minimum absolute atomic E-state index is 0.0528. The van der Waals surface area contributed by atoms with Gasteiger partial charge in [0.2, 0.25) is 0 Å². The van der Waals surface area contributed by atoms with Crippen LogP contribution in [0.25, 0.3) is 0 Å². The Bertz CT molecular complexity index is 834. The zero-order chi connectivity index (χ0) is 22.2. The standard InChI is InChI=1S/C26H35IO2/c1-17(29-9)16-26(8,18-10-12-22(27)20(14-18)24(2,3)4)19-11-13-23(28)21(15-19)25(5,6)7/h10-15,28H,1,16H2,2-9H3. The molecule has 0 aliphatic carbocycles. The molecule has 3 heteroatoms. The van der Waals surface area contributed by atoms with E-state index in [1.807, 2.05) is 12.1 Å². The molecular weight excluding hydrogens is 471 g/mol. The van der Waals surface area contributed by atoms with E-state index in [-0.39, 0.29) is 16.2 Å². The van der Waals surface area contributed by atoms with Crippen molar-refractivity contribution >= 4 is 22.6 Å². The Balaban J connectivity index is 2.76. The van der Waals surface area contributed by atoms with Gasteiger partial charge in [-0.1, -0.05) is 79.3 Å². The minimum Gasteiger partial charge on any atom is -0.508 e. The highest BCUT2D eigenvalue weighted by Gasteiger charge is 2.33. The summed E-state index contributed by atoms with van der Waals surface area (Å²) in [7, 11) is 1.68. The second kappa shape index (κ2) is 8.33. The van der Waals surface area contributed by atoms with E-state index in [2.05, 4.69) is 102 Å². The number of rotatable bonds is 5. The molecule has 0 saturated heterocycles. The summed E-state index contributed by atoms with van der Waals surface area (Å²) >= 11 is 2.42. The quantitative estimate of drug-likeness (QED) is 0.337. The highest BCUT2D eigenvalue weighted by Crippen LogP contribution is 2.43. The molecule has 0 aliphatic heterocycles. The summed E-state index contributed by atoms with van der Waals surface area (Å²) in [6, 6.07) is 12.7. The van der Waals surface area contributed by atoms with Crippen molar-refractivity contribution in [2.75, 3.05) is 7.11 Å². The van der Waals surface area contributed by atoms with E-state index in [1.165, 1.54) is 14.7 Å². The van der Waals surface area contributed by atoms with Crippen LogP contribution >= 0.6 is 22.6 Å². The fourth-order valence-electron chi connectivity index (χ4n) is 3.76. The van der Waals surface area contributed by atoms with Crippen molar-refractivity contribution in [3.05, 3.63) is 74.6 Å². The van der Waals surface area contributed by atoms with Gasteiger partial charge in [-0.3, -0.25) is 0 Å². The van der Waals surface area contributed by atoms with Crippen molar-refractivity contribution in [2.45, 2.75) is 71.1 Å². The zero-order valence-corrected chi connectivity index (χ0v) is 21.3. The van der Waals surface area contributed by atoms with E-state index in [9.17, 15) is 5.11 Å². The largest absolute Gasteiger partial charge is 0.508 e. The fourth-order valence-corrected chi connectivity index (χ4v) is 4.91. The molecule has 0 amide bonds. The molecular formula is C26H35IO2. The second-order valence-electron chi connectivity index (χ2n) is 10.2. The number of methoxy groups -OCH3 is 1. The molecule has 2 nitrogen and oxygen atoms in total. The predicted octanol–water partition coefficient (Wildman–Crippen LogP) is 7.45. The number of allylic oxidation sites excluding steroid dienone is 1. The lowest BCUT2D eigenvalue weighted by atomic mass is 9.70. The predicted molar refractivity (Wildman–Crippen MR) is 132 cm³/mol. The summed E-state index contributed by atoms with van der Waals surface area (Å²) in [6.45, 7) is 19.5. The van der Waals surface area contributed by atoms with E-state index in [4.69, 9.17) is 4.74 Å². The van der Waals surface area contributed by atoms with Gasteiger partial charge in [0.1, 0.15) is 5.75 Å². The molecule has 1 atom stereocenters. The maximum atomic E-state index is 10.5. The molecule has 0 aromatic heterocycles. The van der Waals surface area contributed by atoms with Crippen LogP contribution in [0.1, 0.15) is 77.1 Å². The molecule has 0 fully saturated rings. The first-order chi connectivity index (χ1) is 13.2. The van der Waals surface area contributed by atoms with Crippen LogP contribution in [0.15, 0.2) is 48.7 Å². The minimum atomic E-state index is -0.328. The molecule has 2 aromatic rings. The normalized spacial score (nSPS) is 14.4. The Morgan fingerprint density at radius 1 is 0.897 bits per heavy atom. The highest BCUT2D eigenvalue weighted by molar-refractivity contribution is 14.1. The van der Waals surface area contributed by atoms with E-state index in [0.29, 0.717) is 12.2 Å². The van der Waals surface area contributed by atoms with Crippen molar-refractivity contribution in [2.24, 2.45) is 0 Å². The monoisotopic (exact) mass is 506 g/mol. The highest BCUT2D eigenvalue weighted by atomic mass is 127. The van der Waals surface area contributed by atoms with Gasteiger partial charge in [-0.15, -0.1) is 0 Å². The smallest absolute Gasteiger partial charge is 0.119 e. The molecule has 1 unspecified atom stereocenters. The zero-order valence-electron chi connectivity index (χ0n) is 19.1. The Hall–Kier alpha value is -1.49. The molecule has 0 heterocycles. The van der Waals surface area contributed by atoms with Gasteiger partial charge < -0.3 is 9.84 Å². The Kier molecular flexibility index (Phi) is 6.83. The molecule has 0 saturated carbocycles. The summed E-state index contributed by atoms with van der Waals surface area (Å²) in [5.41, 5.74) is 4.24. The number of halogens is 1. The Morgan fingerprint density at radius 2 is 1.38 bits per heavy atom. The van der Waals surface area contributed by atoms with Gasteiger partial charge in [0.15, 0.2) is 0 Å². The van der Waals surface area contributed by atoms with E-state index in [1.54, 1.807) is 7.11 Å². The molecule has 0 aliphatic rings. The molecule has 0 spiro atoms. The lowest BCUT2D eigenvalue weighted by molar-refractivity contribution is 0.262. The number of hydrogen-bond donors (Lipinski definition) is 1. The van der Waals surface area contributed by atoms with Crippen molar-refractivity contribution in [1.29, 1.82) is 0 Å². The molecule has 0 bridgehead atoms. The van der Waals surface area contributed by atoms with Crippen molar-refractivity contribution in [3.8, 4) is 5.75 Å². The average Bonchev–Trinajstić information content (AvgIpc) is 2.60. The summed E-state index contributed by atoms with van der Waals surface area (Å²) in [5.74, 6) is 1.08. The van der Waals surface area contributed by atoms with Crippen molar-refractivity contribution in [1.82, 2.24) is 0 Å².